The fourth-order valence-corrected chi connectivity index (χ4v) is 2.88. The van der Waals surface area contributed by atoms with Crippen molar-refractivity contribution in [2.45, 2.75) is 51.1 Å². The van der Waals surface area contributed by atoms with Crippen LogP contribution in [0.2, 0.25) is 0 Å². The lowest BCUT2D eigenvalue weighted by Crippen LogP contribution is -2.39. The van der Waals surface area contributed by atoms with Crippen molar-refractivity contribution in [3.05, 3.63) is 30.1 Å². The third kappa shape index (κ3) is 3.32. The highest BCUT2D eigenvalue weighted by atomic mass is 16.4. The van der Waals surface area contributed by atoms with Crippen molar-refractivity contribution in [2.75, 3.05) is 6.54 Å². The summed E-state index contributed by atoms with van der Waals surface area (Å²) in [6, 6.07) is 5.69. The minimum atomic E-state index is -0.699. The van der Waals surface area contributed by atoms with Crippen LogP contribution in [0.15, 0.2) is 24.4 Å². The second-order valence-corrected chi connectivity index (χ2v) is 5.15. The normalized spacial score (nSPS) is 21.4. The summed E-state index contributed by atoms with van der Waals surface area (Å²) in [5.41, 5.74) is 1.00. The molecule has 2 heterocycles. The maximum Gasteiger partial charge on any atom is 0.320 e. The predicted octanol–water partition coefficient (Wildman–Crippen LogP) is 2.86. The standard InChI is InChI=1S/C15H22N2O2/c1-2-3-8-13(12-7-4-5-10-16-12)17-11-6-9-14(17)15(18)19/h4-5,7,10,13-14H,2-3,6,8-9,11H2,1H3,(H,18,19). The average molecular weight is 262 g/mol. The molecule has 1 fully saturated rings. The molecule has 1 aliphatic rings. The lowest BCUT2D eigenvalue weighted by Gasteiger charge is -2.30. The first-order valence-electron chi connectivity index (χ1n) is 7.13. The molecule has 4 heteroatoms. The molecular weight excluding hydrogens is 240 g/mol. The summed E-state index contributed by atoms with van der Waals surface area (Å²) in [6.45, 7) is 3.02. The van der Waals surface area contributed by atoms with Crippen molar-refractivity contribution in [2.24, 2.45) is 0 Å². The van der Waals surface area contributed by atoms with Crippen LogP contribution in [-0.2, 0) is 4.79 Å². The van der Waals surface area contributed by atoms with Crippen molar-refractivity contribution in [1.82, 2.24) is 9.88 Å². The van der Waals surface area contributed by atoms with Crippen LogP contribution in [0.3, 0.4) is 0 Å². The van der Waals surface area contributed by atoms with Gasteiger partial charge in [-0.1, -0.05) is 25.8 Å². The van der Waals surface area contributed by atoms with E-state index in [1.807, 2.05) is 18.2 Å². The molecule has 104 valence electrons. The zero-order valence-corrected chi connectivity index (χ0v) is 11.5. The van der Waals surface area contributed by atoms with Gasteiger partial charge in [0.05, 0.1) is 11.7 Å². The monoisotopic (exact) mass is 262 g/mol. The number of pyridine rings is 1. The van der Waals surface area contributed by atoms with Crippen LogP contribution in [0.5, 0.6) is 0 Å². The summed E-state index contributed by atoms with van der Waals surface area (Å²) in [6.07, 6.45) is 6.72. The van der Waals surface area contributed by atoms with Crippen LogP contribution in [0.25, 0.3) is 0 Å². The molecule has 1 saturated heterocycles. The van der Waals surface area contributed by atoms with Crippen molar-refractivity contribution in [3.8, 4) is 0 Å². The van der Waals surface area contributed by atoms with E-state index in [1.165, 1.54) is 0 Å². The van der Waals surface area contributed by atoms with E-state index in [2.05, 4.69) is 16.8 Å². The number of hydrogen-bond donors (Lipinski definition) is 1. The SMILES string of the molecule is CCCCC(c1ccccn1)N1CCCC1C(=O)O. The van der Waals surface area contributed by atoms with Gasteiger partial charge in [0.2, 0.25) is 0 Å². The van der Waals surface area contributed by atoms with Crippen molar-refractivity contribution in [3.63, 3.8) is 0 Å². The van der Waals surface area contributed by atoms with Crippen molar-refractivity contribution >= 4 is 5.97 Å². The van der Waals surface area contributed by atoms with Gasteiger partial charge in [0.25, 0.3) is 0 Å². The highest BCUT2D eigenvalue weighted by Crippen LogP contribution is 2.32. The van der Waals surface area contributed by atoms with Crippen LogP contribution >= 0.6 is 0 Å². The molecule has 1 aliphatic heterocycles. The summed E-state index contributed by atoms with van der Waals surface area (Å²) in [5, 5.41) is 9.34. The van der Waals surface area contributed by atoms with Crippen LogP contribution in [0.1, 0.15) is 50.8 Å². The third-order valence-corrected chi connectivity index (χ3v) is 3.84. The molecule has 0 spiro atoms. The van der Waals surface area contributed by atoms with E-state index in [-0.39, 0.29) is 12.1 Å². The molecule has 4 nitrogen and oxygen atoms in total. The highest BCUT2D eigenvalue weighted by molar-refractivity contribution is 5.73. The van der Waals surface area contributed by atoms with E-state index < -0.39 is 5.97 Å². The molecule has 1 aromatic heterocycles. The Bertz CT molecular complexity index is 408. The number of carboxylic acids is 1. The number of aromatic nitrogens is 1. The van der Waals surface area contributed by atoms with E-state index >= 15 is 0 Å². The summed E-state index contributed by atoms with van der Waals surface area (Å²) < 4.78 is 0. The molecule has 0 aliphatic carbocycles. The molecule has 0 amide bonds. The van der Waals surface area contributed by atoms with Crippen LogP contribution in [0, 0.1) is 0 Å². The molecule has 2 atom stereocenters. The molecule has 0 aromatic carbocycles. The van der Waals surface area contributed by atoms with Gasteiger partial charge in [0, 0.05) is 6.20 Å². The summed E-state index contributed by atoms with van der Waals surface area (Å²) in [4.78, 5) is 17.9. The zero-order valence-electron chi connectivity index (χ0n) is 11.5. The Morgan fingerprint density at radius 1 is 1.58 bits per heavy atom. The third-order valence-electron chi connectivity index (χ3n) is 3.84. The quantitative estimate of drug-likeness (QED) is 0.856. The number of hydrogen-bond acceptors (Lipinski definition) is 3. The molecule has 19 heavy (non-hydrogen) atoms. The van der Waals surface area contributed by atoms with Gasteiger partial charge in [0.1, 0.15) is 6.04 Å². The van der Waals surface area contributed by atoms with Gasteiger partial charge in [-0.15, -0.1) is 0 Å². The molecule has 0 radical (unpaired) electrons. The number of nitrogens with zero attached hydrogens (tertiary/aromatic N) is 2. The second-order valence-electron chi connectivity index (χ2n) is 5.15. The van der Waals surface area contributed by atoms with Gasteiger partial charge in [-0.25, -0.2) is 0 Å². The van der Waals surface area contributed by atoms with Gasteiger partial charge >= 0.3 is 5.97 Å². The molecule has 2 rings (SSSR count). The predicted molar refractivity (Wildman–Crippen MR) is 73.9 cm³/mol. The fraction of sp³-hybridized carbons (Fsp3) is 0.600. The first kappa shape index (κ1) is 14.0. The lowest BCUT2D eigenvalue weighted by atomic mass is 10.0. The summed E-state index contributed by atoms with van der Waals surface area (Å²) in [5.74, 6) is -0.699. The van der Waals surface area contributed by atoms with E-state index in [4.69, 9.17) is 0 Å². The number of rotatable bonds is 6. The van der Waals surface area contributed by atoms with Crippen molar-refractivity contribution < 1.29 is 9.90 Å². The van der Waals surface area contributed by atoms with Gasteiger partial charge in [-0.05, 0) is 37.9 Å². The largest absolute Gasteiger partial charge is 0.480 e. The van der Waals surface area contributed by atoms with E-state index in [0.29, 0.717) is 0 Å². The topological polar surface area (TPSA) is 53.4 Å². The Morgan fingerprint density at radius 2 is 2.42 bits per heavy atom. The number of carboxylic acid groups (broad SMARTS) is 1. The fourth-order valence-electron chi connectivity index (χ4n) is 2.88. The Labute approximate surface area is 114 Å². The minimum absolute atomic E-state index is 0.143. The van der Waals surface area contributed by atoms with Gasteiger partial charge in [0.15, 0.2) is 0 Å². The Morgan fingerprint density at radius 3 is 3.05 bits per heavy atom. The maximum absolute atomic E-state index is 11.4. The van der Waals surface area contributed by atoms with Crippen LogP contribution in [-0.4, -0.2) is 33.5 Å². The number of likely N-dealkylation sites (tertiary alicyclic amines) is 1. The van der Waals surface area contributed by atoms with Gasteiger partial charge < -0.3 is 5.11 Å². The van der Waals surface area contributed by atoms with Crippen LogP contribution < -0.4 is 0 Å². The van der Waals surface area contributed by atoms with Gasteiger partial charge in [-0.2, -0.15) is 0 Å². The van der Waals surface area contributed by atoms with Gasteiger partial charge in [-0.3, -0.25) is 14.7 Å². The number of unbranched alkanes of at least 4 members (excludes halogenated alkanes) is 1. The average Bonchev–Trinajstić information content (AvgIpc) is 2.90. The second kappa shape index (κ2) is 6.66. The molecular formula is C15H22N2O2. The molecule has 1 aromatic rings. The minimum Gasteiger partial charge on any atom is -0.480 e. The first-order chi connectivity index (χ1) is 9.24. The lowest BCUT2D eigenvalue weighted by molar-refractivity contribution is -0.143. The summed E-state index contributed by atoms with van der Waals surface area (Å²) in [7, 11) is 0. The number of carbonyl (C=O) groups is 1. The van der Waals surface area contributed by atoms with Crippen LogP contribution in [0.4, 0.5) is 0 Å². The first-order valence-corrected chi connectivity index (χ1v) is 7.13. The molecule has 1 N–H and O–H groups in total. The Hall–Kier alpha value is -1.42. The highest BCUT2D eigenvalue weighted by Gasteiger charge is 2.36. The maximum atomic E-state index is 11.4. The van der Waals surface area contributed by atoms with Crippen molar-refractivity contribution in [1.29, 1.82) is 0 Å². The zero-order chi connectivity index (χ0) is 13.7. The smallest absolute Gasteiger partial charge is 0.320 e. The Kier molecular flexibility index (Phi) is 4.91. The summed E-state index contributed by atoms with van der Waals surface area (Å²) >= 11 is 0. The molecule has 0 bridgehead atoms. The molecule has 0 saturated carbocycles. The van der Waals surface area contributed by atoms with E-state index in [0.717, 1.165) is 44.3 Å². The number of aliphatic carboxylic acids is 1. The molecule has 2 unspecified atom stereocenters. The van der Waals surface area contributed by atoms with E-state index in [9.17, 15) is 9.90 Å². The van der Waals surface area contributed by atoms with E-state index in [1.54, 1.807) is 6.20 Å². The Balaban J connectivity index is 2.19.